The molecule has 4 aromatic rings. The van der Waals surface area contributed by atoms with Crippen LogP contribution in [0.4, 0.5) is 10.3 Å². The van der Waals surface area contributed by atoms with Gasteiger partial charge in [-0.3, -0.25) is 4.57 Å². The zero-order chi connectivity index (χ0) is 21.9. The number of aromatic nitrogens is 5. The summed E-state index contributed by atoms with van der Waals surface area (Å²) in [6.07, 6.45) is 0. The SMILES string of the molecule is Cc1cccc(-c2nnc(CSc3nnc(N4CCOCC4)n3-c3cccc(F)c3)o2)c1. The molecule has 2 aromatic heterocycles. The molecule has 2 aromatic carbocycles. The summed E-state index contributed by atoms with van der Waals surface area (Å²) in [5.41, 5.74) is 2.66. The van der Waals surface area contributed by atoms with Gasteiger partial charge in [-0.2, -0.15) is 0 Å². The van der Waals surface area contributed by atoms with E-state index < -0.39 is 0 Å². The van der Waals surface area contributed by atoms with E-state index in [4.69, 9.17) is 9.15 Å². The van der Waals surface area contributed by atoms with Gasteiger partial charge in [0.2, 0.25) is 17.7 Å². The van der Waals surface area contributed by atoms with Crippen LogP contribution in [0, 0.1) is 12.7 Å². The number of benzene rings is 2. The Labute approximate surface area is 188 Å². The number of hydrogen-bond donors (Lipinski definition) is 0. The van der Waals surface area contributed by atoms with E-state index >= 15 is 0 Å². The molecule has 0 radical (unpaired) electrons. The second-order valence-corrected chi connectivity index (χ2v) is 8.30. The topological polar surface area (TPSA) is 82.1 Å². The summed E-state index contributed by atoms with van der Waals surface area (Å²) in [6.45, 7) is 4.63. The monoisotopic (exact) mass is 452 g/mol. The normalized spacial score (nSPS) is 14.1. The summed E-state index contributed by atoms with van der Waals surface area (Å²) < 4.78 is 27.1. The number of anilines is 1. The molecular weight excluding hydrogens is 431 g/mol. The minimum Gasteiger partial charge on any atom is -0.420 e. The van der Waals surface area contributed by atoms with Gasteiger partial charge in [-0.1, -0.05) is 35.5 Å². The van der Waals surface area contributed by atoms with Gasteiger partial charge in [0.25, 0.3) is 0 Å². The zero-order valence-electron chi connectivity index (χ0n) is 17.4. The van der Waals surface area contributed by atoms with Crippen LogP contribution in [0.25, 0.3) is 17.1 Å². The summed E-state index contributed by atoms with van der Waals surface area (Å²) in [7, 11) is 0. The molecule has 0 atom stereocenters. The first-order valence-corrected chi connectivity index (χ1v) is 11.2. The van der Waals surface area contributed by atoms with Crippen molar-refractivity contribution in [1.29, 1.82) is 0 Å². The lowest BCUT2D eigenvalue weighted by Crippen LogP contribution is -2.37. The van der Waals surface area contributed by atoms with E-state index in [1.165, 1.54) is 23.9 Å². The van der Waals surface area contributed by atoms with Crippen molar-refractivity contribution in [3.8, 4) is 17.1 Å². The number of thioether (sulfide) groups is 1. The van der Waals surface area contributed by atoms with Crippen LogP contribution in [0.2, 0.25) is 0 Å². The molecule has 0 aliphatic carbocycles. The summed E-state index contributed by atoms with van der Waals surface area (Å²) in [6, 6.07) is 14.3. The van der Waals surface area contributed by atoms with Gasteiger partial charge in [0.15, 0.2) is 5.16 Å². The van der Waals surface area contributed by atoms with Crippen molar-refractivity contribution in [1.82, 2.24) is 25.0 Å². The first kappa shape index (κ1) is 20.7. The van der Waals surface area contributed by atoms with Gasteiger partial charge in [-0.25, -0.2) is 4.39 Å². The highest BCUT2D eigenvalue weighted by atomic mass is 32.2. The quantitative estimate of drug-likeness (QED) is 0.408. The molecule has 1 aliphatic heterocycles. The maximum atomic E-state index is 14.0. The molecule has 1 aliphatic rings. The van der Waals surface area contributed by atoms with Crippen LogP contribution in [0.3, 0.4) is 0 Å². The smallest absolute Gasteiger partial charge is 0.247 e. The number of aryl methyl sites for hydroxylation is 1. The van der Waals surface area contributed by atoms with Crippen LogP contribution in [0.1, 0.15) is 11.5 Å². The Hall–Kier alpha value is -3.24. The zero-order valence-corrected chi connectivity index (χ0v) is 18.3. The van der Waals surface area contributed by atoms with E-state index in [0.717, 1.165) is 11.1 Å². The maximum absolute atomic E-state index is 14.0. The van der Waals surface area contributed by atoms with Crippen LogP contribution < -0.4 is 4.90 Å². The second kappa shape index (κ2) is 9.09. The lowest BCUT2D eigenvalue weighted by molar-refractivity contribution is 0.122. The third-order valence-corrected chi connectivity index (χ3v) is 5.95. The Balaban J connectivity index is 1.41. The fourth-order valence-corrected chi connectivity index (χ4v) is 4.28. The van der Waals surface area contributed by atoms with Crippen LogP contribution in [0.5, 0.6) is 0 Å². The third kappa shape index (κ3) is 4.37. The number of morpholine rings is 1. The van der Waals surface area contributed by atoms with Crippen molar-refractivity contribution < 1.29 is 13.5 Å². The van der Waals surface area contributed by atoms with Crippen molar-refractivity contribution in [2.75, 3.05) is 31.2 Å². The summed E-state index contributed by atoms with van der Waals surface area (Å²) in [5.74, 6) is 1.71. The molecule has 10 heteroatoms. The van der Waals surface area contributed by atoms with E-state index in [1.54, 1.807) is 6.07 Å². The first-order chi connectivity index (χ1) is 15.7. The Morgan fingerprint density at radius 3 is 2.66 bits per heavy atom. The van der Waals surface area contributed by atoms with Crippen LogP contribution >= 0.6 is 11.8 Å². The van der Waals surface area contributed by atoms with Gasteiger partial charge in [0, 0.05) is 18.7 Å². The molecule has 0 amide bonds. The molecule has 5 rings (SSSR count). The lowest BCUT2D eigenvalue weighted by atomic mass is 10.1. The van der Waals surface area contributed by atoms with Crippen LogP contribution in [-0.2, 0) is 10.5 Å². The van der Waals surface area contributed by atoms with E-state index in [9.17, 15) is 4.39 Å². The Kier molecular flexibility index (Phi) is 5.87. The fourth-order valence-electron chi connectivity index (χ4n) is 3.50. The van der Waals surface area contributed by atoms with Crippen LogP contribution in [-0.4, -0.2) is 51.3 Å². The molecule has 0 N–H and O–H groups in total. The third-order valence-electron chi connectivity index (χ3n) is 5.03. The molecule has 1 saturated heterocycles. The highest BCUT2D eigenvalue weighted by Crippen LogP contribution is 2.30. The predicted molar refractivity (Wildman–Crippen MR) is 118 cm³/mol. The molecular formula is C22H21FN6O2S. The molecule has 3 heterocycles. The molecule has 8 nitrogen and oxygen atoms in total. The largest absolute Gasteiger partial charge is 0.420 e. The molecule has 0 bridgehead atoms. The minimum absolute atomic E-state index is 0.320. The summed E-state index contributed by atoms with van der Waals surface area (Å²) in [5, 5.41) is 17.7. The number of ether oxygens (including phenoxy) is 1. The van der Waals surface area contributed by atoms with Gasteiger partial charge >= 0.3 is 0 Å². The highest BCUT2D eigenvalue weighted by Gasteiger charge is 2.22. The summed E-state index contributed by atoms with van der Waals surface area (Å²) in [4.78, 5) is 2.09. The molecule has 0 unspecified atom stereocenters. The van der Waals surface area contributed by atoms with Gasteiger partial charge in [-0.15, -0.1) is 20.4 Å². The standard InChI is InChI=1S/C22H21FN6O2S/c1-15-4-2-5-16(12-15)20-25-24-19(31-20)14-32-22-27-26-21(28-8-10-30-11-9-28)29(22)18-7-3-6-17(23)13-18/h2-7,12-13H,8-11,14H2,1H3. The molecule has 164 valence electrons. The van der Waals surface area contributed by atoms with Crippen molar-refractivity contribution in [3.05, 3.63) is 65.8 Å². The Morgan fingerprint density at radius 2 is 1.84 bits per heavy atom. The van der Waals surface area contributed by atoms with Crippen molar-refractivity contribution in [2.24, 2.45) is 0 Å². The molecule has 32 heavy (non-hydrogen) atoms. The number of hydrogen-bond acceptors (Lipinski definition) is 8. The molecule has 0 saturated carbocycles. The Morgan fingerprint density at radius 1 is 1.00 bits per heavy atom. The average molecular weight is 453 g/mol. The van der Waals surface area contributed by atoms with Crippen molar-refractivity contribution in [2.45, 2.75) is 17.8 Å². The second-order valence-electron chi connectivity index (χ2n) is 7.36. The van der Waals surface area contributed by atoms with Crippen LogP contribution in [0.15, 0.2) is 58.1 Å². The minimum atomic E-state index is -0.320. The summed E-state index contributed by atoms with van der Waals surface area (Å²) >= 11 is 1.41. The van der Waals surface area contributed by atoms with E-state index in [2.05, 4.69) is 25.3 Å². The number of halogens is 1. The fraction of sp³-hybridized carbons (Fsp3) is 0.273. The van der Waals surface area contributed by atoms with E-state index in [1.807, 2.05) is 41.8 Å². The van der Waals surface area contributed by atoms with Gasteiger partial charge in [0.1, 0.15) is 5.82 Å². The van der Waals surface area contributed by atoms with Crippen molar-refractivity contribution in [3.63, 3.8) is 0 Å². The highest BCUT2D eigenvalue weighted by molar-refractivity contribution is 7.98. The number of nitrogens with zero attached hydrogens (tertiary/aromatic N) is 6. The maximum Gasteiger partial charge on any atom is 0.247 e. The van der Waals surface area contributed by atoms with Crippen molar-refractivity contribution >= 4 is 17.7 Å². The first-order valence-electron chi connectivity index (χ1n) is 10.2. The number of rotatable bonds is 6. The van der Waals surface area contributed by atoms with E-state index in [-0.39, 0.29) is 5.82 Å². The predicted octanol–water partition coefficient (Wildman–Crippen LogP) is 3.89. The average Bonchev–Trinajstić information content (AvgIpc) is 3.46. The lowest BCUT2D eigenvalue weighted by Gasteiger charge is -2.27. The van der Waals surface area contributed by atoms with Gasteiger partial charge < -0.3 is 14.1 Å². The Bertz CT molecular complexity index is 1220. The molecule has 0 spiro atoms. The van der Waals surface area contributed by atoms with Gasteiger partial charge in [0.05, 0.1) is 24.7 Å². The molecule has 1 fully saturated rings. The van der Waals surface area contributed by atoms with Gasteiger partial charge in [-0.05, 0) is 37.3 Å². The van der Waals surface area contributed by atoms with E-state index in [0.29, 0.717) is 60.6 Å².